The average molecular weight is 1010 g/mol. The predicted octanol–water partition coefficient (Wildman–Crippen LogP) is -6.42. The fourth-order valence-corrected chi connectivity index (χ4v) is 8.38. The van der Waals surface area contributed by atoms with E-state index in [2.05, 4.69) is 54.7 Å². The first kappa shape index (κ1) is 55.0. The minimum atomic E-state index is -4.90. The molecule has 0 spiro atoms. The van der Waals surface area contributed by atoms with E-state index in [0.29, 0.717) is 47.3 Å². The number of fused-ring (bicyclic) bond motifs is 6. The van der Waals surface area contributed by atoms with Crippen LogP contribution in [0.3, 0.4) is 0 Å². The van der Waals surface area contributed by atoms with Gasteiger partial charge in [-0.2, -0.15) is 9.59 Å². The van der Waals surface area contributed by atoms with Crippen molar-refractivity contribution in [1.82, 2.24) is 50.4 Å². The minimum Gasteiger partial charge on any atom is -0.756 e. The van der Waals surface area contributed by atoms with Crippen LogP contribution in [0.1, 0.15) is 11.1 Å². The molecule has 4 aliphatic heterocycles. The van der Waals surface area contributed by atoms with E-state index in [1.807, 2.05) is 54.6 Å². The normalized spacial score (nSPS) is 18.9. The maximum atomic E-state index is 12.3. The fraction of sp³-hybridized carbons (Fsp3) is 0.270. The van der Waals surface area contributed by atoms with E-state index >= 15 is 0 Å². The Labute approximate surface area is 433 Å². The first-order valence-corrected chi connectivity index (χ1v) is 22.3. The van der Waals surface area contributed by atoms with E-state index in [-0.39, 0.29) is 83.7 Å². The van der Waals surface area contributed by atoms with Crippen LogP contribution < -0.4 is 79.1 Å². The van der Waals surface area contributed by atoms with Crippen LogP contribution in [0.15, 0.2) is 73.1 Å². The van der Waals surface area contributed by atoms with Gasteiger partial charge in [0.2, 0.25) is 11.6 Å². The molecular weight excluding hydrogens is 976 g/mol. The number of ether oxygens (including phenoxy) is 2. The van der Waals surface area contributed by atoms with Crippen LogP contribution in [-0.2, 0) is 64.3 Å². The van der Waals surface area contributed by atoms with Crippen molar-refractivity contribution < 1.29 is 136 Å². The van der Waals surface area contributed by atoms with E-state index in [0.717, 1.165) is 33.4 Å². The Hall–Kier alpha value is -4.97. The van der Waals surface area contributed by atoms with Gasteiger partial charge in [-0.05, 0) is 81.9 Å². The third-order valence-corrected chi connectivity index (χ3v) is 11.4. The Morgan fingerprint density at radius 3 is 1.45 bits per heavy atom. The van der Waals surface area contributed by atoms with Gasteiger partial charge < -0.3 is 49.2 Å². The Morgan fingerprint density at radius 2 is 1.12 bits per heavy atom. The number of phosphoric ester groups is 2. The summed E-state index contributed by atoms with van der Waals surface area (Å²) < 4.78 is 41.3. The summed E-state index contributed by atoms with van der Waals surface area (Å²) in [5.41, 5.74) is 8.05. The molecule has 1 unspecified atom stereocenters. The number of hydrogen-bond donors (Lipinski definition) is 3. The summed E-state index contributed by atoms with van der Waals surface area (Å²) in [6, 6.07) is 18.0. The first-order chi connectivity index (χ1) is 31.5. The number of carbonyl (C=O) groups is 3. The molecule has 69 heavy (non-hydrogen) atoms. The summed E-state index contributed by atoms with van der Waals surface area (Å²) in [5.74, 6) is 0.867. The number of cyclic esters (lactones) is 2. The minimum absolute atomic E-state index is 0. The number of phosphoric acid groups is 2. The SMILES string of the molecule is Cn1nnc(-c2ccc(-c3ccc4c(c3)C[C@H]3[C@H](COP(=O)(O)O)OC(=O)N43)cn2)n1.Cn1nnc(-c2ccc(-c3ccc4c(c3)C[C@H]3[C@H](COP(=O)([O-])O)OC(=O)N43)cn2)n1.O.O=CO[O-].[Na+].[Na+]. The topological polar surface area (TPSA) is 389 Å². The summed E-state index contributed by atoms with van der Waals surface area (Å²) in [6.45, 7) is -0.993. The van der Waals surface area contributed by atoms with Crippen LogP contribution in [0.2, 0.25) is 0 Å². The molecule has 4 aliphatic rings. The molecule has 0 aliphatic carbocycles. The van der Waals surface area contributed by atoms with Crippen molar-refractivity contribution in [2.45, 2.75) is 37.1 Å². The zero-order valence-electron chi connectivity index (χ0n) is 36.6. The van der Waals surface area contributed by atoms with Gasteiger partial charge in [0.15, 0.2) is 0 Å². The molecule has 0 radical (unpaired) electrons. The van der Waals surface area contributed by atoms with E-state index in [4.69, 9.17) is 34.2 Å². The van der Waals surface area contributed by atoms with E-state index < -0.39 is 52.7 Å². The number of nitrogens with zero attached hydrogens (tertiary/aromatic N) is 12. The second-order valence-electron chi connectivity index (χ2n) is 14.6. The number of pyridine rings is 2. The van der Waals surface area contributed by atoms with Crippen molar-refractivity contribution in [3.05, 3.63) is 84.2 Å². The summed E-state index contributed by atoms with van der Waals surface area (Å²) in [5, 5.41) is 32.2. The molecule has 0 bridgehead atoms. The molecule has 10 rings (SSSR count). The van der Waals surface area contributed by atoms with Gasteiger partial charge in [-0.15, -0.1) is 20.4 Å². The number of hydrogen-bond acceptors (Lipinski definition) is 20. The summed E-state index contributed by atoms with van der Waals surface area (Å²) in [6.07, 6.45) is 1.67. The largest absolute Gasteiger partial charge is 1.00 e. The third-order valence-electron chi connectivity index (χ3n) is 10.5. The fourth-order valence-electron chi connectivity index (χ4n) is 7.71. The van der Waals surface area contributed by atoms with Crippen molar-refractivity contribution in [2.24, 2.45) is 14.1 Å². The zero-order valence-corrected chi connectivity index (χ0v) is 42.4. The van der Waals surface area contributed by atoms with Gasteiger partial charge in [0.1, 0.15) is 23.6 Å². The molecule has 5 N–H and O–H groups in total. The number of aromatic nitrogens is 10. The first-order valence-electron chi connectivity index (χ1n) is 19.3. The Balaban J connectivity index is 0.000000230. The Morgan fingerprint density at radius 1 is 0.710 bits per heavy atom. The van der Waals surface area contributed by atoms with Gasteiger partial charge >= 0.3 is 79.1 Å². The molecule has 2 fully saturated rings. The second-order valence-corrected chi connectivity index (χ2v) is 17.1. The molecule has 0 saturated carbocycles. The molecule has 28 nitrogen and oxygen atoms in total. The maximum absolute atomic E-state index is 12.3. The molecule has 2 saturated heterocycles. The van der Waals surface area contributed by atoms with Crippen molar-refractivity contribution in [3.63, 3.8) is 0 Å². The van der Waals surface area contributed by atoms with E-state index in [1.54, 1.807) is 32.6 Å². The molecular formula is C37H36N12Na2O16P2. The zero-order chi connectivity index (χ0) is 46.9. The summed E-state index contributed by atoms with van der Waals surface area (Å²) in [7, 11) is -6.20. The van der Waals surface area contributed by atoms with Crippen LogP contribution in [-0.4, -0.2) is 127 Å². The van der Waals surface area contributed by atoms with Gasteiger partial charge in [-0.3, -0.25) is 33.7 Å². The van der Waals surface area contributed by atoms with Crippen molar-refractivity contribution in [3.8, 4) is 45.3 Å². The van der Waals surface area contributed by atoms with Crippen molar-refractivity contribution in [1.29, 1.82) is 0 Å². The number of tetrazole rings is 2. The Bertz CT molecular complexity index is 2700. The second kappa shape index (κ2) is 22.8. The molecule has 352 valence electrons. The summed E-state index contributed by atoms with van der Waals surface area (Å²) in [4.78, 5) is 87.9. The molecule has 6 aromatic rings. The van der Waals surface area contributed by atoms with Gasteiger partial charge in [-0.25, -0.2) is 14.2 Å². The number of carbonyl (C=O) groups excluding carboxylic acids is 3. The number of amides is 2. The summed E-state index contributed by atoms with van der Waals surface area (Å²) >= 11 is 0. The third kappa shape index (κ3) is 12.7. The number of rotatable bonds is 11. The standard InChI is InChI=1S/2C18H17N6O6P.CH2O3.2Na.H2O/c2*1-23-21-17(20-22-23)13-4-2-11(8-19-13)10-3-5-14-12(6-10)7-15-16(9-29-31(26,27)28)30-18(25)24(14)15;2-1-4-3;;;/h2*2-6,8,15-16H,7,9H2,1H3,(H2,26,27,28);1,3H;;;1H2/q;;;2*+1;/p-2/t2*15-,16-;;;;/m00..../s1. The molecule has 8 heterocycles. The predicted molar refractivity (Wildman–Crippen MR) is 220 cm³/mol. The quantitative estimate of drug-likeness (QED) is 0.0357. The van der Waals surface area contributed by atoms with Crippen LogP contribution in [0, 0.1) is 0 Å². The monoisotopic (exact) mass is 1010 g/mol. The number of anilines is 2. The number of benzene rings is 2. The van der Waals surface area contributed by atoms with E-state index in [1.165, 1.54) is 19.4 Å². The molecule has 2 aromatic carbocycles. The van der Waals surface area contributed by atoms with Crippen LogP contribution in [0.4, 0.5) is 21.0 Å². The van der Waals surface area contributed by atoms with Gasteiger partial charge in [-0.1, -0.05) is 24.3 Å². The van der Waals surface area contributed by atoms with Crippen LogP contribution in [0.25, 0.3) is 45.3 Å². The average Bonchev–Trinajstić information content (AvgIpc) is 4.16. The molecule has 5 atom stereocenters. The van der Waals surface area contributed by atoms with Gasteiger partial charge in [0.25, 0.3) is 14.3 Å². The molecule has 32 heteroatoms. The van der Waals surface area contributed by atoms with Crippen molar-refractivity contribution in [2.75, 3.05) is 23.0 Å². The molecule has 4 aromatic heterocycles. The van der Waals surface area contributed by atoms with Gasteiger partial charge in [0, 0.05) is 23.5 Å². The van der Waals surface area contributed by atoms with Gasteiger partial charge in [0.05, 0.1) is 50.8 Å². The number of aryl methyl sites for hydroxylation is 2. The smallest absolute Gasteiger partial charge is 0.756 e. The van der Waals surface area contributed by atoms with Crippen LogP contribution >= 0.6 is 15.6 Å². The molecule has 2 amide bonds. The van der Waals surface area contributed by atoms with E-state index in [9.17, 15) is 23.6 Å². The Kier molecular flexibility index (Phi) is 18.2. The van der Waals surface area contributed by atoms with Crippen molar-refractivity contribution >= 4 is 45.7 Å². The van der Waals surface area contributed by atoms with Crippen LogP contribution in [0.5, 0.6) is 0 Å². The maximum Gasteiger partial charge on any atom is 1.00 e.